The number of amides is 1. The van der Waals surface area contributed by atoms with E-state index in [-0.39, 0.29) is 23.6 Å². The van der Waals surface area contributed by atoms with Crippen molar-refractivity contribution in [2.24, 2.45) is 0 Å². The van der Waals surface area contributed by atoms with Crippen molar-refractivity contribution in [2.75, 3.05) is 11.4 Å². The van der Waals surface area contributed by atoms with Gasteiger partial charge in [0.25, 0.3) is 5.91 Å². The molecule has 4 rings (SSSR count). The van der Waals surface area contributed by atoms with Crippen LogP contribution in [0.3, 0.4) is 0 Å². The Bertz CT molecular complexity index is 1190. The molecule has 3 aromatic rings. The molecule has 0 aliphatic carbocycles. The maximum atomic E-state index is 14.7. The van der Waals surface area contributed by atoms with E-state index in [2.05, 4.69) is 5.10 Å². The van der Waals surface area contributed by atoms with E-state index in [1.807, 2.05) is 6.07 Å². The van der Waals surface area contributed by atoms with Crippen molar-refractivity contribution in [3.8, 4) is 5.69 Å². The first kappa shape index (κ1) is 19.0. The van der Waals surface area contributed by atoms with Crippen molar-refractivity contribution in [1.82, 2.24) is 9.78 Å². The SMILES string of the molecule is Cc1cc(F)c2c(c1)CCCN2C(=O)c1nn(-c2ccccc2F)c(C)cc1=O. The van der Waals surface area contributed by atoms with Gasteiger partial charge in [-0.15, -0.1) is 0 Å². The summed E-state index contributed by atoms with van der Waals surface area (Å²) >= 11 is 0. The summed E-state index contributed by atoms with van der Waals surface area (Å²) in [5, 5.41) is 4.15. The van der Waals surface area contributed by atoms with E-state index in [9.17, 15) is 18.4 Å². The van der Waals surface area contributed by atoms with E-state index < -0.39 is 23.0 Å². The number of anilines is 1. The smallest absolute Gasteiger partial charge is 0.282 e. The van der Waals surface area contributed by atoms with E-state index >= 15 is 0 Å². The number of hydrogen-bond donors (Lipinski definition) is 0. The minimum atomic E-state index is -0.691. The molecule has 0 saturated carbocycles. The van der Waals surface area contributed by atoms with Gasteiger partial charge in [-0.3, -0.25) is 9.59 Å². The quantitative estimate of drug-likeness (QED) is 0.665. The van der Waals surface area contributed by atoms with E-state index in [4.69, 9.17) is 0 Å². The number of carbonyl (C=O) groups is 1. The van der Waals surface area contributed by atoms with Crippen LogP contribution in [0.15, 0.2) is 47.3 Å². The number of benzene rings is 2. The molecule has 148 valence electrons. The molecule has 0 fully saturated rings. The van der Waals surface area contributed by atoms with E-state index in [1.165, 1.54) is 39.9 Å². The maximum Gasteiger partial charge on any atom is 0.282 e. The summed E-state index contributed by atoms with van der Waals surface area (Å²) in [6, 6.07) is 10.4. The number of aryl methyl sites for hydroxylation is 3. The minimum Gasteiger partial charge on any atom is -0.304 e. The molecule has 0 spiro atoms. The topological polar surface area (TPSA) is 55.2 Å². The first-order valence-corrected chi connectivity index (χ1v) is 9.33. The molecule has 0 saturated heterocycles. The first-order valence-electron chi connectivity index (χ1n) is 9.33. The second kappa shape index (κ2) is 7.24. The minimum absolute atomic E-state index is 0.125. The van der Waals surface area contributed by atoms with Gasteiger partial charge >= 0.3 is 0 Å². The van der Waals surface area contributed by atoms with E-state index in [1.54, 1.807) is 19.9 Å². The summed E-state index contributed by atoms with van der Waals surface area (Å²) < 4.78 is 30.1. The highest BCUT2D eigenvalue weighted by Crippen LogP contribution is 2.32. The third-order valence-electron chi connectivity index (χ3n) is 5.02. The predicted octanol–water partition coefficient (Wildman–Crippen LogP) is 3.72. The van der Waals surface area contributed by atoms with Crippen molar-refractivity contribution >= 4 is 11.6 Å². The van der Waals surface area contributed by atoms with Gasteiger partial charge in [0.05, 0.1) is 5.69 Å². The van der Waals surface area contributed by atoms with Gasteiger partial charge in [-0.2, -0.15) is 5.10 Å². The second-order valence-corrected chi connectivity index (χ2v) is 7.18. The molecule has 1 aliphatic heterocycles. The van der Waals surface area contributed by atoms with Gasteiger partial charge in [0.15, 0.2) is 5.69 Å². The van der Waals surface area contributed by atoms with Crippen LogP contribution in [-0.4, -0.2) is 22.2 Å². The number of fused-ring (bicyclic) bond motifs is 1. The van der Waals surface area contributed by atoms with Gasteiger partial charge < -0.3 is 4.90 Å². The molecule has 7 heteroatoms. The van der Waals surface area contributed by atoms with Crippen LogP contribution in [0.5, 0.6) is 0 Å². The number of hydrogen-bond acceptors (Lipinski definition) is 3. The van der Waals surface area contributed by atoms with Crippen LogP contribution in [0.4, 0.5) is 14.5 Å². The van der Waals surface area contributed by atoms with Crippen LogP contribution in [0.25, 0.3) is 5.69 Å². The molecule has 5 nitrogen and oxygen atoms in total. The summed E-state index contributed by atoms with van der Waals surface area (Å²) in [4.78, 5) is 27.0. The Hall–Kier alpha value is -3.35. The third-order valence-corrected chi connectivity index (χ3v) is 5.02. The highest BCUT2D eigenvalue weighted by Gasteiger charge is 2.29. The van der Waals surface area contributed by atoms with Crippen LogP contribution < -0.4 is 10.3 Å². The molecule has 2 heterocycles. The standard InChI is InChI=1S/C22H19F2N3O2/c1-13-10-15-6-5-9-26(21(15)17(24)11-13)22(29)20-19(28)12-14(2)27(25-20)18-8-4-3-7-16(18)23/h3-4,7-8,10-12H,5-6,9H2,1-2H3. The average Bonchev–Trinajstić information content (AvgIpc) is 2.67. The van der Waals surface area contributed by atoms with Gasteiger partial charge in [-0.25, -0.2) is 13.5 Å². The van der Waals surface area contributed by atoms with E-state index in [0.29, 0.717) is 18.5 Å². The lowest BCUT2D eigenvalue weighted by atomic mass is 9.98. The van der Waals surface area contributed by atoms with Crippen LogP contribution in [-0.2, 0) is 6.42 Å². The summed E-state index contributed by atoms with van der Waals surface area (Å²) in [5.74, 6) is -1.73. The second-order valence-electron chi connectivity index (χ2n) is 7.18. The van der Waals surface area contributed by atoms with Crippen LogP contribution in [0.1, 0.15) is 33.7 Å². The number of rotatable bonds is 2. The van der Waals surface area contributed by atoms with Crippen molar-refractivity contribution < 1.29 is 13.6 Å². The van der Waals surface area contributed by atoms with Crippen molar-refractivity contribution in [1.29, 1.82) is 0 Å². The molecule has 0 radical (unpaired) electrons. The number of nitrogens with zero attached hydrogens (tertiary/aromatic N) is 3. The fourth-order valence-corrected chi connectivity index (χ4v) is 3.73. The zero-order valence-corrected chi connectivity index (χ0v) is 16.1. The largest absolute Gasteiger partial charge is 0.304 e. The van der Waals surface area contributed by atoms with Gasteiger partial charge in [-0.05, 0) is 56.0 Å². The van der Waals surface area contributed by atoms with Gasteiger partial charge in [0, 0.05) is 18.3 Å². The Morgan fingerprint density at radius 3 is 2.59 bits per heavy atom. The van der Waals surface area contributed by atoms with Crippen LogP contribution >= 0.6 is 0 Å². The highest BCUT2D eigenvalue weighted by atomic mass is 19.1. The molecule has 29 heavy (non-hydrogen) atoms. The molecule has 0 N–H and O–H groups in total. The van der Waals surface area contributed by atoms with Crippen LogP contribution in [0, 0.1) is 25.5 Å². The normalized spacial score (nSPS) is 13.3. The molecular weight excluding hydrogens is 376 g/mol. The summed E-state index contributed by atoms with van der Waals surface area (Å²) in [7, 11) is 0. The lowest BCUT2D eigenvalue weighted by Crippen LogP contribution is -2.40. The molecule has 0 bridgehead atoms. The maximum absolute atomic E-state index is 14.7. The Kier molecular flexibility index (Phi) is 4.74. The molecule has 2 aromatic carbocycles. The molecule has 0 atom stereocenters. The third kappa shape index (κ3) is 3.33. The molecule has 1 amide bonds. The van der Waals surface area contributed by atoms with Crippen molar-refractivity contribution in [2.45, 2.75) is 26.7 Å². The number of aromatic nitrogens is 2. The first-order chi connectivity index (χ1) is 13.9. The van der Waals surface area contributed by atoms with Gasteiger partial charge in [-0.1, -0.05) is 18.2 Å². The van der Waals surface area contributed by atoms with Crippen molar-refractivity contribution in [3.05, 3.63) is 86.8 Å². The Labute approximate surface area is 166 Å². The average molecular weight is 395 g/mol. The van der Waals surface area contributed by atoms with Crippen molar-refractivity contribution in [3.63, 3.8) is 0 Å². The Balaban J connectivity index is 1.83. The van der Waals surface area contributed by atoms with Gasteiger partial charge in [0.1, 0.15) is 17.3 Å². The summed E-state index contributed by atoms with van der Waals surface area (Å²) in [5.41, 5.74) is 1.24. The number of carbonyl (C=O) groups excluding carboxylic acids is 1. The van der Waals surface area contributed by atoms with E-state index in [0.717, 1.165) is 11.1 Å². The monoisotopic (exact) mass is 395 g/mol. The fraction of sp³-hybridized carbons (Fsp3) is 0.227. The van der Waals surface area contributed by atoms with Gasteiger partial charge in [0.2, 0.25) is 5.43 Å². The molecular formula is C22H19F2N3O2. The molecule has 1 aliphatic rings. The zero-order valence-electron chi connectivity index (χ0n) is 16.1. The number of para-hydroxylation sites is 1. The zero-order chi connectivity index (χ0) is 20.7. The summed E-state index contributed by atoms with van der Waals surface area (Å²) in [6.45, 7) is 3.67. The number of halogens is 2. The molecule has 0 unspecified atom stereocenters. The fourth-order valence-electron chi connectivity index (χ4n) is 3.73. The lowest BCUT2D eigenvalue weighted by Gasteiger charge is -2.30. The Morgan fingerprint density at radius 2 is 1.83 bits per heavy atom. The van der Waals surface area contributed by atoms with Crippen LogP contribution in [0.2, 0.25) is 0 Å². The highest BCUT2D eigenvalue weighted by molar-refractivity contribution is 6.05. The molecule has 1 aromatic heterocycles. The predicted molar refractivity (Wildman–Crippen MR) is 106 cm³/mol. The Morgan fingerprint density at radius 1 is 1.07 bits per heavy atom. The lowest BCUT2D eigenvalue weighted by molar-refractivity contribution is 0.0976. The summed E-state index contributed by atoms with van der Waals surface area (Å²) in [6.07, 6.45) is 1.30.